The second-order valence-corrected chi connectivity index (χ2v) is 9.19. The minimum absolute atomic E-state index is 0.0160. The average Bonchev–Trinajstić information content (AvgIpc) is 2.94. The Hall–Kier alpha value is -2.21. The maximum Gasteiger partial charge on any atom is 0.305 e. The van der Waals surface area contributed by atoms with Crippen molar-refractivity contribution in [3.8, 4) is 0 Å². The molecule has 0 bridgehead atoms. The summed E-state index contributed by atoms with van der Waals surface area (Å²) >= 11 is 0. The molecular weight excluding hydrogens is 384 g/mol. The van der Waals surface area contributed by atoms with E-state index in [2.05, 4.69) is 27.0 Å². The summed E-state index contributed by atoms with van der Waals surface area (Å²) in [6.07, 6.45) is 4.94. The standard InChI is InChI=1S/C24H32O6/c1-7-14(2)8-10-23(6)15(3)9-11-24-19(12-18(27)13-20(23)24)21(28-16(4)25)30-22(24)29-17(5)26/h7,12,15,20-22H,1-2,8-11,13H2,3-6H3/t15-,20+,21+,22-,23-,24-/m0/s1. The largest absolute Gasteiger partial charge is 0.435 e. The molecule has 1 aliphatic heterocycles. The molecule has 2 fully saturated rings. The second-order valence-electron chi connectivity index (χ2n) is 9.19. The lowest BCUT2D eigenvalue weighted by molar-refractivity contribution is -0.234. The number of carbonyl (C=O) groups excluding carboxylic acids is 3. The molecule has 0 amide bonds. The first-order chi connectivity index (χ1) is 14.0. The summed E-state index contributed by atoms with van der Waals surface area (Å²) in [5.41, 5.74) is 0.687. The van der Waals surface area contributed by atoms with Crippen LogP contribution in [0.25, 0.3) is 0 Å². The molecule has 3 rings (SSSR count). The number of hydrogen-bond acceptors (Lipinski definition) is 6. The summed E-state index contributed by atoms with van der Waals surface area (Å²) in [7, 11) is 0. The topological polar surface area (TPSA) is 78.9 Å². The Morgan fingerprint density at radius 2 is 1.97 bits per heavy atom. The van der Waals surface area contributed by atoms with Crippen LogP contribution >= 0.6 is 0 Å². The van der Waals surface area contributed by atoms with Crippen molar-refractivity contribution in [2.45, 2.75) is 72.4 Å². The Kier molecular flexibility index (Phi) is 6.10. The van der Waals surface area contributed by atoms with Gasteiger partial charge in [0.25, 0.3) is 0 Å². The van der Waals surface area contributed by atoms with Crippen molar-refractivity contribution >= 4 is 17.7 Å². The van der Waals surface area contributed by atoms with Crippen LogP contribution in [0.15, 0.2) is 36.5 Å². The van der Waals surface area contributed by atoms with Crippen molar-refractivity contribution in [3.05, 3.63) is 36.5 Å². The second kappa shape index (κ2) is 8.14. The summed E-state index contributed by atoms with van der Waals surface area (Å²) in [5, 5.41) is 0. The van der Waals surface area contributed by atoms with E-state index in [0.29, 0.717) is 24.3 Å². The van der Waals surface area contributed by atoms with E-state index in [9.17, 15) is 14.4 Å². The molecule has 3 aliphatic rings. The average molecular weight is 417 g/mol. The van der Waals surface area contributed by atoms with Gasteiger partial charge in [0.05, 0.1) is 5.41 Å². The molecular formula is C24H32O6. The van der Waals surface area contributed by atoms with Crippen molar-refractivity contribution in [1.29, 1.82) is 0 Å². The zero-order valence-electron chi connectivity index (χ0n) is 18.4. The lowest BCUT2D eigenvalue weighted by Crippen LogP contribution is -2.56. The van der Waals surface area contributed by atoms with E-state index >= 15 is 0 Å². The Balaban J connectivity index is 2.09. The molecule has 2 aliphatic carbocycles. The monoisotopic (exact) mass is 416 g/mol. The van der Waals surface area contributed by atoms with Crippen LogP contribution in [-0.4, -0.2) is 30.3 Å². The molecule has 0 aromatic rings. The molecule has 6 atom stereocenters. The molecule has 1 heterocycles. The predicted octanol–water partition coefficient (Wildman–Crippen LogP) is 4.26. The Labute approximate surface area is 178 Å². The maximum absolute atomic E-state index is 12.8. The number of ether oxygens (including phenoxy) is 3. The van der Waals surface area contributed by atoms with Crippen LogP contribution in [0, 0.1) is 22.7 Å². The molecule has 30 heavy (non-hydrogen) atoms. The number of rotatable bonds is 6. The fourth-order valence-electron chi connectivity index (χ4n) is 5.71. The third-order valence-electron chi connectivity index (χ3n) is 7.54. The Morgan fingerprint density at radius 3 is 2.57 bits per heavy atom. The highest BCUT2D eigenvalue weighted by Crippen LogP contribution is 2.66. The highest BCUT2D eigenvalue weighted by atomic mass is 16.8. The van der Waals surface area contributed by atoms with E-state index in [1.54, 1.807) is 12.2 Å². The SMILES string of the molecule is C=CC(=C)CC[C@]1(C)[C@H]2CC(=O)C=C3[C@H](OC(C)=O)O[C@H](OC(C)=O)[C@@]32CC[C@@H]1C. The van der Waals surface area contributed by atoms with E-state index in [-0.39, 0.29) is 17.1 Å². The van der Waals surface area contributed by atoms with Gasteiger partial charge < -0.3 is 9.47 Å². The molecule has 1 spiro atoms. The fraction of sp³-hybridized carbons (Fsp3) is 0.625. The molecule has 0 radical (unpaired) electrons. The van der Waals surface area contributed by atoms with Gasteiger partial charge in [0.1, 0.15) is 0 Å². The maximum atomic E-state index is 12.8. The number of esters is 2. The Bertz CT molecular complexity index is 811. The molecule has 164 valence electrons. The first-order valence-corrected chi connectivity index (χ1v) is 10.6. The third kappa shape index (κ3) is 3.66. The molecule has 0 aromatic heterocycles. The van der Waals surface area contributed by atoms with Crippen LogP contribution in [0.4, 0.5) is 0 Å². The summed E-state index contributed by atoms with van der Waals surface area (Å²) in [5.74, 6) is -0.748. The highest BCUT2D eigenvalue weighted by molar-refractivity contribution is 5.92. The molecule has 6 heteroatoms. The van der Waals surface area contributed by atoms with Crippen LogP contribution in [-0.2, 0) is 28.6 Å². The highest BCUT2D eigenvalue weighted by Gasteiger charge is 2.67. The van der Waals surface area contributed by atoms with Crippen LogP contribution < -0.4 is 0 Å². The third-order valence-corrected chi connectivity index (χ3v) is 7.54. The van der Waals surface area contributed by atoms with Gasteiger partial charge in [0.15, 0.2) is 5.78 Å². The molecule has 6 nitrogen and oxygen atoms in total. The van der Waals surface area contributed by atoms with Crippen LogP contribution in [0.1, 0.15) is 59.8 Å². The van der Waals surface area contributed by atoms with Crippen LogP contribution in [0.2, 0.25) is 0 Å². The van der Waals surface area contributed by atoms with E-state index in [4.69, 9.17) is 14.2 Å². The van der Waals surface area contributed by atoms with Gasteiger partial charge >= 0.3 is 11.9 Å². The van der Waals surface area contributed by atoms with Crippen LogP contribution in [0.3, 0.4) is 0 Å². The lowest BCUT2D eigenvalue weighted by atomic mass is 9.46. The molecule has 1 saturated heterocycles. The predicted molar refractivity (Wildman–Crippen MR) is 111 cm³/mol. The fourth-order valence-corrected chi connectivity index (χ4v) is 5.71. The number of hydrogen-bond donors (Lipinski definition) is 0. The van der Waals surface area contributed by atoms with E-state index < -0.39 is 29.9 Å². The van der Waals surface area contributed by atoms with Crippen molar-refractivity contribution in [3.63, 3.8) is 0 Å². The Morgan fingerprint density at radius 1 is 1.30 bits per heavy atom. The van der Waals surface area contributed by atoms with Crippen molar-refractivity contribution < 1.29 is 28.6 Å². The summed E-state index contributed by atoms with van der Waals surface area (Å²) < 4.78 is 17.0. The minimum Gasteiger partial charge on any atom is -0.435 e. The first kappa shape index (κ1) is 22.5. The number of carbonyl (C=O) groups is 3. The van der Waals surface area contributed by atoms with E-state index in [1.807, 2.05) is 0 Å². The quantitative estimate of drug-likeness (QED) is 0.476. The van der Waals surface area contributed by atoms with E-state index in [0.717, 1.165) is 24.8 Å². The van der Waals surface area contributed by atoms with Gasteiger partial charge in [-0.25, -0.2) is 0 Å². The van der Waals surface area contributed by atoms with Crippen molar-refractivity contribution in [2.24, 2.45) is 22.7 Å². The molecule has 0 unspecified atom stereocenters. The number of ketones is 1. The van der Waals surface area contributed by atoms with Gasteiger partial charge in [-0.05, 0) is 49.0 Å². The number of allylic oxidation sites excluding steroid dienone is 3. The minimum atomic E-state index is -1.01. The van der Waals surface area contributed by atoms with Gasteiger partial charge in [-0.3, -0.25) is 19.1 Å². The molecule has 0 aromatic carbocycles. The van der Waals surface area contributed by atoms with Gasteiger partial charge in [0, 0.05) is 25.8 Å². The molecule has 1 saturated carbocycles. The van der Waals surface area contributed by atoms with E-state index in [1.165, 1.54) is 13.8 Å². The normalized spacial score (nSPS) is 37.5. The van der Waals surface area contributed by atoms with Gasteiger partial charge in [0.2, 0.25) is 12.6 Å². The zero-order valence-corrected chi connectivity index (χ0v) is 18.4. The van der Waals surface area contributed by atoms with Crippen LogP contribution in [0.5, 0.6) is 0 Å². The summed E-state index contributed by atoms with van der Waals surface area (Å²) in [6, 6.07) is 0. The van der Waals surface area contributed by atoms with Gasteiger partial charge in [-0.15, -0.1) is 0 Å². The lowest BCUT2D eigenvalue weighted by Gasteiger charge is -2.57. The van der Waals surface area contributed by atoms with Gasteiger partial charge in [-0.1, -0.05) is 38.7 Å². The summed E-state index contributed by atoms with van der Waals surface area (Å²) in [4.78, 5) is 36.4. The summed E-state index contributed by atoms with van der Waals surface area (Å²) in [6.45, 7) is 14.9. The smallest absolute Gasteiger partial charge is 0.305 e. The molecule has 0 N–H and O–H groups in total. The first-order valence-electron chi connectivity index (χ1n) is 10.6. The van der Waals surface area contributed by atoms with Gasteiger partial charge in [-0.2, -0.15) is 0 Å². The zero-order chi connectivity index (χ0) is 22.3. The van der Waals surface area contributed by atoms with Crippen molar-refractivity contribution in [2.75, 3.05) is 0 Å². The van der Waals surface area contributed by atoms with Crippen molar-refractivity contribution in [1.82, 2.24) is 0 Å².